The minimum absolute atomic E-state index is 0.0798. The molecule has 1 aliphatic heterocycles. The van der Waals surface area contributed by atoms with E-state index in [1.807, 2.05) is 0 Å². The highest BCUT2D eigenvalue weighted by Gasteiger charge is 2.41. The van der Waals surface area contributed by atoms with Crippen LogP contribution in [0.5, 0.6) is 0 Å². The molecule has 180 valence electrons. The Balaban J connectivity index is 1.68. The van der Waals surface area contributed by atoms with Gasteiger partial charge in [-0.15, -0.1) is 0 Å². The van der Waals surface area contributed by atoms with Crippen molar-refractivity contribution >= 4 is 22.4 Å². The maximum absolute atomic E-state index is 13.5. The summed E-state index contributed by atoms with van der Waals surface area (Å²) in [6.07, 6.45) is -2.38. The van der Waals surface area contributed by atoms with E-state index in [2.05, 4.69) is 26.8 Å². The predicted molar refractivity (Wildman–Crippen MR) is 121 cm³/mol. The van der Waals surface area contributed by atoms with Gasteiger partial charge in [0, 0.05) is 24.5 Å². The lowest BCUT2D eigenvalue weighted by Gasteiger charge is -2.27. The van der Waals surface area contributed by atoms with Crippen LogP contribution in [0.25, 0.3) is 10.9 Å². The first-order valence-corrected chi connectivity index (χ1v) is 11.0. The van der Waals surface area contributed by atoms with Gasteiger partial charge in [0.25, 0.3) is 5.56 Å². The number of hydrogen-bond acceptors (Lipinski definition) is 6. The molecule has 1 aromatic carbocycles. The number of nitriles is 1. The van der Waals surface area contributed by atoms with E-state index in [-0.39, 0.29) is 41.5 Å². The molecule has 0 aliphatic carbocycles. The summed E-state index contributed by atoms with van der Waals surface area (Å²) >= 11 is 0. The van der Waals surface area contributed by atoms with Gasteiger partial charge in [0.1, 0.15) is 11.4 Å². The number of pyridine rings is 1. The zero-order valence-electron chi connectivity index (χ0n) is 18.7. The van der Waals surface area contributed by atoms with E-state index < -0.39 is 12.2 Å². The van der Waals surface area contributed by atoms with Crippen molar-refractivity contribution in [3.8, 4) is 6.07 Å². The lowest BCUT2D eigenvalue weighted by atomic mass is 9.96. The van der Waals surface area contributed by atoms with Gasteiger partial charge in [0.05, 0.1) is 30.2 Å². The molecule has 3 unspecified atom stereocenters. The second kappa shape index (κ2) is 9.48. The third-order valence-corrected chi connectivity index (χ3v) is 5.77. The van der Waals surface area contributed by atoms with Gasteiger partial charge in [0.2, 0.25) is 0 Å². The normalized spacial score (nSPS) is 19.8. The number of halogens is 3. The van der Waals surface area contributed by atoms with E-state index in [4.69, 9.17) is 4.74 Å². The molecular weight excluding hydrogens is 449 g/mol. The molecule has 11 heteroatoms. The molecule has 3 N–H and O–H groups in total. The average molecular weight is 474 g/mol. The zero-order valence-corrected chi connectivity index (χ0v) is 18.7. The van der Waals surface area contributed by atoms with Crippen molar-refractivity contribution in [2.75, 3.05) is 18.5 Å². The SMILES string of the molecule is CC(C)NC(c1ccc(Nc2nn(C3COCCC3C#N)c3cc[nH]c(=O)c23)cc1)C(F)(F)F. The van der Waals surface area contributed by atoms with Gasteiger partial charge in [-0.2, -0.15) is 23.5 Å². The molecule has 3 aromatic rings. The zero-order chi connectivity index (χ0) is 24.5. The fraction of sp³-hybridized carbons (Fsp3) is 0.435. The Morgan fingerprint density at radius 2 is 2.00 bits per heavy atom. The lowest BCUT2D eigenvalue weighted by Crippen LogP contribution is -2.38. The molecule has 0 bridgehead atoms. The van der Waals surface area contributed by atoms with Crippen LogP contribution < -0.4 is 16.2 Å². The maximum atomic E-state index is 13.5. The summed E-state index contributed by atoms with van der Waals surface area (Å²) < 4.78 is 47.7. The number of benzene rings is 1. The fourth-order valence-electron chi connectivity index (χ4n) is 4.16. The number of rotatable bonds is 6. The van der Waals surface area contributed by atoms with E-state index in [0.717, 1.165) is 0 Å². The van der Waals surface area contributed by atoms with Gasteiger partial charge in [-0.05, 0) is 30.2 Å². The Bertz CT molecular complexity index is 1240. The largest absolute Gasteiger partial charge is 0.407 e. The molecule has 8 nitrogen and oxygen atoms in total. The van der Waals surface area contributed by atoms with Crippen molar-refractivity contribution in [1.29, 1.82) is 5.26 Å². The molecule has 3 atom stereocenters. The summed E-state index contributed by atoms with van der Waals surface area (Å²) in [5, 5.41) is 20.0. The van der Waals surface area contributed by atoms with Crippen LogP contribution in [-0.2, 0) is 4.74 Å². The second-order valence-corrected chi connectivity index (χ2v) is 8.57. The Morgan fingerprint density at radius 3 is 2.65 bits per heavy atom. The smallest absolute Gasteiger partial charge is 0.379 e. The Hall–Kier alpha value is -3.36. The van der Waals surface area contributed by atoms with Crippen molar-refractivity contribution in [2.24, 2.45) is 5.92 Å². The summed E-state index contributed by atoms with van der Waals surface area (Å²) in [6, 6.07) is 7.28. The van der Waals surface area contributed by atoms with Crippen LogP contribution in [0.3, 0.4) is 0 Å². The first-order valence-electron chi connectivity index (χ1n) is 11.0. The minimum atomic E-state index is -4.44. The minimum Gasteiger partial charge on any atom is -0.379 e. The summed E-state index contributed by atoms with van der Waals surface area (Å²) in [5.41, 5.74) is 0.722. The second-order valence-electron chi connectivity index (χ2n) is 8.57. The van der Waals surface area contributed by atoms with E-state index in [0.29, 0.717) is 29.6 Å². The van der Waals surface area contributed by atoms with Gasteiger partial charge < -0.3 is 20.4 Å². The third kappa shape index (κ3) is 4.78. The summed E-state index contributed by atoms with van der Waals surface area (Å²) in [7, 11) is 0. The van der Waals surface area contributed by atoms with Crippen molar-refractivity contribution < 1.29 is 17.9 Å². The molecular formula is C23H25F3N6O2. The highest BCUT2D eigenvalue weighted by atomic mass is 19.4. The van der Waals surface area contributed by atoms with Crippen LogP contribution in [0.15, 0.2) is 41.3 Å². The molecule has 0 saturated carbocycles. The fourth-order valence-corrected chi connectivity index (χ4v) is 4.16. The van der Waals surface area contributed by atoms with Crippen LogP contribution in [0.1, 0.15) is 37.9 Å². The number of alkyl halides is 3. The summed E-state index contributed by atoms with van der Waals surface area (Å²) in [4.78, 5) is 15.2. The monoisotopic (exact) mass is 474 g/mol. The number of anilines is 2. The van der Waals surface area contributed by atoms with Crippen LogP contribution >= 0.6 is 0 Å². The molecule has 1 aliphatic rings. The molecule has 1 fully saturated rings. The lowest BCUT2D eigenvalue weighted by molar-refractivity contribution is -0.159. The molecule has 3 heterocycles. The number of nitrogens with one attached hydrogen (secondary N) is 3. The van der Waals surface area contributed by atoms with Crippen LogP contribution in [0.2, 0.25) is 0 Å². The number of nitrogens with zero attached hydrogens (tertiary/aromatic N) is 3. The van der Waals surface area contributed by atoms with Crippen molar-refractivity contribution in [3.63, 3.8) is 0 Å². The van der Waals surface area contributed by atoms with E-state index in [1.165, 1.54) is 30.5 Å². The molecule has 0 amide bonds. The number of aromatic amines is 1. The molecule has 1 saturated heterocycles. The predicted octanol–water partition coefficient (Wildman–Crippen LogP) is 4.17. The highest BCUT2D eigenvalue weighted by molar-refractivity contribution is 5.91. The molecule has 2 aromatic heterocycles. The molecule has 34 heavy (non-hydrogen) atoms. The quantitative estimate of drug-likeness (QED) is 0.495. The van der Waals surface area contributed by atoms with E-state index in [9.17, 15) is 23.2 Å². The first kappa shape index (κ1) is 23.8. The molecule has 0 spiro atoms. The van der Waals surface area contributed by atoms with Gasteiger partial charge in [-0.1, -0.05) is 26.0 Å². The van der Waals surface area contributed by atoms with Gasteiger partial charge >= 0.3 is 6.18 Å². The number of aromatic nitrogens is 3. The third-order valence-electron chi connectivity index (χ3n) is 5.77. The summed E-state index contributed by atoms with van der Waals surface area (Å²) in [5.74, 6) is -0.0735. The Morgan fingerprint density at radius 1 is 1.26 bits per heavy atom. The van der Waals surface area contributed by atoms with Crippen molar-refractivity contribution in [3.05, 3.63) is 52.4 Å². The van der Waals surface area contributed by atoms with Crippen LogP contribution in [0.4, 0.5) is 24.7 Å². The molecule has 4 rings (SSSR count). The van der Waals surface area contributed by atoms with Crippen molar-refractivity contribution in [1.82, 2.24) is 20.1 Å². The Labute approximate surface area is 193 Å². The van der Waals surface area contributed by atoms with Gasteiger partial charge in [-0.25, -0.2) is 0 Å². The standard InChI is InChI=1S/C23H25F3N6O2/c1-13(2)29-20(23(24,25)26)14-3-5-16(6-4-14)30-21-19-17(7-9-28-22(19)33)32(31-21)18-12-34-10-8-15(18)11-27/h3-7,9,13,15,18,20,29H,8,10,12H2,1-2H3,(H,28,33)(H,30,31). The number of fused-ring (bicyclic) bond motifs is 1. The number of ether oxygens (including phenoxy) is 1. The Kier molecular flexibility index (Phi) is 6.63. The maximum Gasteiger partial charge on any atom is 0.407 e. The summed E-state index contributed by atoms with van der Waals surface area (Å²) in [6.45, 7) is 4.08. The molecule has 0 radical (unpaired) electrons. The number of hydrogen-bond donors (Lipinski definition) is 3. The highest BCUT2D eigenvalue weighted by Crippen LogP contribution is 2.35. The average Bonchev–Trinajstić information content (AvgIpc) is 3.16. The van der Waals surface area contributed by atoms with Crippen molar-refractivity contribution in [2.45, 2.75) is 44.6 Å². The number of H-pyrrole nitrogens is 1. The topological polar surface area (TPSA) is 108 Å². The first-order chi connectivity index (χ1) is 16.2. The van der Waals surface area contributed by atoms with Gasteiger partial charge in [-0.3, -0.25) is 9.48 Å². The van der Waals surface area contributed by atoms with Crippen LogP contribution in [-0.4, -0.2) is 40.2 Å². The van der Waals surface area contributed by atoms with E-state index in [1.54, 1.807) is 24.6 Å². The van der Waals surface area contributed by atoms with Crippen LogP contribution in [0, 0.1) is 17.2 Å². The van der Waals surface area contributed by atoms with E-state index >= 15 is 0 Å². The van der Waals surface area contributed by atoms with Gasteiger partial charge in [0.15, 0.2) is 5.82 Å².